The summed E-state index contributed by atoms with van der Waals surface area (Å²) in [5.41, 5.74) is 10.4. The van der Waals surface area contributed by atoms with Crippen LogP contribution in [0.5, 0.6) is 0 Å². The average Bonchev–Trinajstić information content (AvgIpc) is 3.25. The van der Waals surface area contributed by atoms with E-state index in [4.69, 9.17) is 0 Å². The Hall–Kier alpha value is -2.38. The first kappa shape index (κ1) is 13.9. The maximum absolute atomic E-state index is 2.38. The highest BCUT2D eigenvalue weighted by Gasteiger charge is 2.39. The Morgan fingerprint density at radius 3 is 2.44 bits per heavy atom. The second kappa shape index (κ2) is 4.42. The molecule has 0 saturated carbocycles. The molecule has 6 rings (SSSR count). The molecule has 1 aromatic heterocycles. The van der Waals surface area contributed by atoms with Crippen LogP contribution in [0.3, 0.4) is 0 Å². The number of thiophene rings is 1. The standard InChI is InChI=1S/C24H18S/c1-24(2)20-10-6-5-9-17(20)21-18-12-11-16-15-8-4-3-7-14(15)13-19(16)22(18)25-23(21)24/h3-12H,13H2,1-2H3. The van der Waals surface area contributed by atoms with Crippen molar-refractivity contribution in [3.8, 4) is 22.3 Å². The van der Waals surface area contributed by atoms with Crippen molar-refractivity contribution in [3.63, 3.8) is 0 Å². The van der Waals surface area contributed by atoms with Gasteiger partial charge in [0.25, 0.3) is 0 Å². The highest BCUT2D eigenvalue weighted by molar-refractivity contribution is 7.20. The van der Waals surface area contributed by atoms with E-state index in [0.29, 0.717) is 0 Å². The molecule has 0 N–H and O–H groups in total. The molecule has 120 valence electrons. The lowest BCUT2D eigenvalue weighted by Gasteiger charge is -2.19. The summed E-state index contributed by atoms with van der Waals surface area (Å²) in [5.74, 6) is 0. The molecule has 0 aliphatic heterocycles. The molecule has 0 bridgehead atoms. The van der Waals surface area contributed by atoms with E-state index in [2.05, 4.69) is 74.5 Å². The lowest BCUT2D eigenvalue weighted by Crippen LogP contribution is -2.13. The fraction of sp³-hybridized carbons (Fsp3) is 0.167. The van der Waals surface area contributed by atoms with Crippen LogP contribution < -0.4 is 0 Å². The SMILES string of the molecule is CC1(C)c2ccccc2-c2c1sc1c3c(ccc21)-c1ccccc1C3. The third-order valence-corrected chi connectivity index (χ3v) is 7.66. The Morgan fingerprint density at radius 1 is 0.800 bits per heavy atom. The number of hydrogen-bond acceptors (Lipinski definition) is 1. The molecule has 2 aliphatic rings. The molecule has 1 heterocycles. The van der Waals surface area contributed by atoms with Gasteiger partial charge in [0.15, 0.2) is 0 Å². The van der Waals surface area contributed by atoms with Gasteiger partial charge < -0.3 is 0 Å². The molecular formula is C24H18S. The Bertz CT molecular complexity index is 1190. The number of benzene rings is 3. The summed E-state index contributed by atoms with van der Waals surface area (Å²) >= 11 is 2.03. The highest BCUT2D eigenvalue weighted by Crippen LogP contribution is 2.57. The van der Waals surface area contributed by atoms with Crippen molar-refractivity contribution in [3.05, 3.63) is 82.2 Å². The summed E-state index contributed by atoms with van der Waals surface area (Å²) in [7, 11) is 0. The summed E-state index contributed by atoms with van der Waals surface area (Å²) in [5, 5.41) is 1.45. The van der Waals surface area contributed by atoms with Gasteiger partial charge in [0.05, 0.1) is 0 Å². The number of rotatable bonds is 0. The van der Waals surface area contributed by atoms with Crippen molar-refractivity contribution in [1.82, 2.24) is 0 Å². The second-order valence-electron chi connectivity index (χ2n) is 7.78. The van der Waals surface area contributed by atoms with Gasteiger partial charge >= 0.3 is 0 Å². The van der Waals surface area contributed by atoms with Crippen LogP contribution in [0.2, 0.25) is 0 Å². The average molecular weight is 338 g/mol. The second-order valence-corrected chi connectivity index (χ2v) is 8.80. The zero-order valence-electron chi connectivity index (χ0n) is 14.4. The van der Waals surface area contributed by atoms with E-state index in [9.17, 15) is 0 Å². The van der Waals surface area contributed by atoms with Gasteiger partial charge in [-0.1, -0.05) is 74.5 Å². The van der Waals surface area contributed by atoms with E-state index in [-0.39, 0.29) is 5.41 Å². The molecule has 3 aromatic carbocycles. The molecule has 0 nitrogen and oxygen atoms in total. The van der Waals surface area contributed by atoms with Crippen molar-refractivity contribution < 1.29 is 0 Å². The van der Waals surface area contributed by atoms with Crippen molar-refractivity contribution in [2.75, 3.05) is 0 Å². The molecule has 0 radical (unpaired) electrons. The monoisotopic (exact) mass is 338 g/mol. The molecular weight excluding hydrogens is 320 g/mol. The van der Waals surface area contributed by atoms with E-state index in [1.54, 1.807) is 0 Å². The van der Waals surface area contributed by atoms with Gasteiger partial charge in [0.2, 0.25) is 0 Å². The lowest BCUT2D eigenvalue weighted by molar-refractivity contribution is 0.674. The van der Waals surface area contributed by atoms with Crippen molar-refractivity contribution in [2.45, 2.75) is 25.7 Å². The zero-order valence-corrected chi connectivity index (χ0v) is 15.2. The minimum absolute atomic E-state index is 0.105. The fourth-order valence-corrected chi connectivity index (χ4v) is 6.32. The Morgan fingerprint density at radius 2 is 1.56 bits per heavy atom. The molecule has 0 atom stereocenters. The molecule has 0 fully saturated rings. The first-order valence-electron chi connectivity index (χ1n) is 8.93. The molecule has 25 heavy (non-hydrogen) atoms. The normalized spacial score (nSPS) is 15.8. The van der Waals surface area contributed by atoms with Crippen LogP contribution >= 0.6 is 11.3 Å². The maximum atomic E-state index is 2.38. The lowest BCUT2D eigenvalue weighted by atomic mass is 9.87. The number of hydrogen-bond donors (Lipinski definition) is 0. The van der Waals surface area contributed by atoms with Gasteiger partial charge in [-0.05, 0) is 33.4 Å². The van der Waals surface area contributed by atoms with Crippen LogP contribution in [0.15, 0.2) is 60.7 Å². The Balaban J connectivity index is 1.71. The minimum Gasteiger partial charge on any atom is -0.138 e. The van der Waals surface area contributed by atoms with Crippen LogP contribution in [-0.4, -0.2) is 0 Å². The van der Waals surface area contributed by atoms with Crippen LogP contribution in [0.1, 0.15) is 35.4 Å². The van der Waals surface area contributed by atoms with E-state index >= 15 is 0 Å². The summed E-state index contributed by atoms with van der Waals surface area (Å²) in [6.07, 6.45) is 1.07. The largest absolute Gasteiger partial charge is 0.138 e. The number of fused-ring (bicyclic) bond motifs is 9. The first-order valence-corrected chi connectivity index (χ1v) is 9.75. The van der Waals surface area contributed by atoms with Crippen molar-refractivity contribution >= 4 is 21.4 Å². The van der Waals surface area contributed by atoms with E-state index in [0.717, 1.165) is 6.42 Å². The van der Waals surface area contributed by atoms with Gasteiger partial charge in [-0.2, -0.15) is 0 Å². The van der Waals surface area contributed by atoms with Gasteiger partial charge in [-0.3, -0.25) is 0 Å². The first-order chi connectivity index (χ1) is 12.2. The molecule has 1 heteroatoms. The maximum Gasteiger partial charge on any atom is 0.0394 e. The highest BCUT2D eigenvalue weighted by atomic mass is 32.1. The quantitative estimate of drug-likeness (QED) is 0.292. The molecule has 0 spiro atoms. The minimum atomic E-state index is 0.105. The predicted molar refractivity (Wildman–Crippen MR) is 108 cm³/mol. The summed E-state index contributed by atoms with van der Waals surface area (Å²) in [6, 6.07) is 22.5. The fourth-order valence-electron chi connectivity index (χ4n) is 4.85. The van der Waals surface area contributed by atoms with Crippen LogP contribution in [0, 0.1) is 0 Å². The summed E-state index contributed by atoms with van der Waals surface area (Å²) in [6.45, 7) is 4.75. The van der Waals surface area contributed by atoms with Crippen molar-refractivity contribution in [2.24, 2.45) is 0 Å². The topological polar surface area (TPSA) is 0 Å². The van der Waals surface area contributed by atoms with Gasteiger partial charge in [-0.15, -0.1) is 11.3 Å². The summed E-state index contributed by atoms with van der Waals surface area (Å²) < 4.78 is 1.50. The van der Waals surface area contributed by atoms with Crippen molar-refractivity contribution in [1.29, 1.82) is 0 Å². The predicted octanol–water partition coefficient (Wildman–Crippen LogP) is 6.78. The van der Waals surface area contributed by atoms with Crippen LogP contribution in [0.25, 0.3) is 32.3 Å². The van der Waals surface area contributed by atoms with E-state index < -0.39 is 0 Å². The van der Waals surface area contributed by atoms with Crippen LogP contribution in [0.4, 0.5) is 0 Å². The third-order valence-electron chi connectivity index (χ3n) is 6.07. The smallest absolute Gasteiger partial charge is 0.0394 e. The van der Waals surface area contributed by atoms with Gasteiger partial charge in [0.1, 0.15) is 0 Å². The molecule has 0 saturated heterocycles. The molecule has 0 unspecified atom stereocenters. The van der Waals surface area contributed by atoms with Gasteiger partial charge in [0, 0.05) is 32.4 Å². The van der Waals surface area contributed by atoms with Crippen LogP contribution in [-0.2, 0) is 11.8 Å². The molecule has 0 amide bonds. The zero-order chi connectivity index (χ0) is 16.8. The van der Waals surface area contributed by atoms with Gasteiger partial charge in [-0.25, -0.2) is 0 Å². The molecule has 4 aromatic rings. The van der Waals surface area contributed by atoms with E-state index in [1.807, 2.05) is 11.3 Å². The third kappa shape index (κ3) is 1.58. The van der Waals surface area contributed by atoms with E-state index in [1.165, 1.54) is 53.9 Å². The Labute approximate surface area is 151 Å². The Kier molecular flexibility index (Phi) is 2.45. The molecule has 2 aliphatic carbocycles. The summed E-state index contributed by atoms with van der Waals surface area (Å²) in [4.78, 5) is 1.54.